The van der Waals surface area contributed by atoms with Crippen molar-refractivity contribution in [3.8, 4) is 0 Å². The molecule has 0 atom stereocenters. The number of anilines is 1. The van der Waals surface area contributed by atoms with Gasteiger partial charge >= 0.3 is 6.03 Å². The van der Waals surface area contributed by atoms with Gasteiger partial charge in [0, 0.05) is 29.0 Å². The van der Waals surface area contributed by atoms with E-state index in [0.717, 1.165) is 21.6 Å². The number of amides is 2. The minimum atomic E-state index is -0.259. The maximum Gasteiger partial charge on any atom is 0.320 e. The van der Waals surface area contributed by atoms with Crippen LogP contribution >= 0.6 is 27.3 Å². The first kappa shape index (κ1) is 14.0. The lowest BCUT2D eigenvalue weighted by Crippen LogP contribution is -2.30. The predicted octanol–water partition coefficient (Wildman–Crippen LogP) is 2.97. The summed E-state index contributed by atoms with van der Waals surface area (Å²) < 4.78 is 0.919. The maximum absolute atomic E-state index is 11.6. The molecule has 0 unspecified atom stereocenters. The summed E-state index contributed by atoms with van der Waals surface area (Å²) in [5.74, 6) is 0.535. The summed E-state index contributed by atoms with van der Waals surface area (Å²) in [5.41, 5.74) is 0.834. The summed E-state index contributed by atoms with van der Waals surface area (Å²) in [6, 6.07) is 3.34. The molecule has 0 saturated carbocycles. The van der Waals surface area contributed by atoms with Gasteiger partial charge in [0.05, 0.1) is 10.7 Å². The molecule has 2 N–H and O–H groups in total. The third-order valence-electron chi connectivity index (χ3n) is 2.37. The molecule has 0 aliphatic rings. The number of pyridine rings is 1. The molecule has 0 bridgehead atoms. The lowest BCUT2D eigenvalue weighted by molar-refractivity contribution is 0.252. The summed E-state index contributed by atoms with van der Waals surface area (Å²) in [6.45, 7) is 2.42. The fourth-order valence-corrected chi connectivity index (χ4v) is 2.27. The molecule has 2 aromatic heterocycles. The molecule has 0 aromatic carbocycles. The molecule has 0 fully saturated rings. The average Bonchev–Trinajstić information content (AvgIpc) is 2.87. The first-order chi connectivity index (χ1) is 9.15. The Labute approximate surface area is 123 Å². The van der Waals surface area contributed by atoms with Crippen LogP contribution in [0.15, 0.2) is 28.2 Å². The summed E-state index contributed by atoms with van der Waals surface area (Å²) >= 11 is 4.94. The van der Waals surface area contributed by atoms with Gasteiger partial charge in [-0.15, -0.1) is 11.3 Å². The standard InChI is InChI=1S/C12H13BrN4OS/c1-8-9(13)2-3-10(16-8)17-12(18)15-5-4-11-14-6-7-19-11/h2-3,6-7H,4-5H2,1H3,(H2,15,16,17,18). The normalized spacial score (nSPS) is 10.2. The molecule has 7 heteroatoms. The fraction of sp³-hybridized carbons (Fsp3) is 0.250. The summed E-state index contributed by atoms with van der Waals surface area (Å²) in [6.07, 6.45) is 2.49. The third-order valence-corrected chi connectivity index (χ3v) is 4.05. The van der Waals surface area contributed by atoms with E-state index in [1.165, 1.54) is 0 Å². The SMILES string of the molecule is Cc1nc(NC(=O)NCCc2nccs2)ccc1Br. The summed E-state index contributed by atoms with van der Waals surface area (Å²) in [7, 11) is 0. The summed E-state index contributed by atoms with van der Waals surface area (Å²) in [4.78, 5) is 20.0. The van der Waals surface area contributed by atoms with E-state index in [1.54, 1.807) is 23.6 Å². The zero-order valence-electron chi connectivity index (χ0n) is 10.3. The topological polar surface area (TPSA) is 66.9 Å². The number of urea groups is 1. The number of aryl methyl sites for hydroxylation is 1. The first-order valence-corrected chi connectivity index (χ1v) is 7.39. The van der Waals surface area contributed by atoms with Crippen LogP contribution in [0.4, 0.5) is 10.6 Å². The second-order valence-corrected chi connectivity index (χ2v) is 5.65. The quantitative estimate of drug-likeness (QED) is 0.898. The van der Waals surface area contributed by atoms with Gasteiger partial charge in [0.15, 0.2) is 0 Å². The molecule has 2 amide bonds. The van der Waals surface area contributed by atoms with Crippen LogP contribution in [0.2, 0.25) is 0 Å². The highest BCUT2D eigenvalue weighted by Crippen LogP contribution is 2.15. The molecule has 0 aliphatic carbocycles. The number of rotatable bonds is 4. The van der Waals surface area contributed by atoms with E-state index in [-0.39, 0.29) is 6.03 Å². The Morgan fingerprint density at radius 3 is 3.00 bits per heavy atom. The molecule has 0 saturated heterocycles. The van der Waals surface area contributed by atoms with Crippen LogP contribution in [-0.4, -0.2) is 22.5 Å². The van der Waals surface area contributed by atoms with Crippen LogP contribution < -0.4 is 10.6 Å². The van der Waals surface area contributed by atoms with Crippen molar-refractivity contribution in [3.63, 3.8) is 0 Å². The molecule has 2 rings (SSSR count). The Morgan fingerprint density at radius 2 is 2.32 bits per heavy atom. The maximum atomic E-state index is 11.6. The smallest absolute Gasteiger partial charge is 0.320 e. The van der Waals surface area contributed by atoms with Crippen molar-refractivity contribution >= 4 is 39.1 Å². The summed E-state index contributed by atoms with van der Waals surface area (Å²) in [5, 5.41) is 8.39. The lowest BCUT2D eigenvalue weighted by atomic mass is 10.4. The van der Waals surface area contributed by atoms with E-state index in [4.69, 9.17) is 0 Å². The van der Waals surface area contributed by atoms with Crippen molar-refractivity contribution in [2.24, 2.45) is 0 Å². The molecular weight excluding hydrogens is 328 g/mol. The fourth-order valence-electron chi connectivity index (χ4n) is 1.43. The van der Waals surface area contributed by atoms with Gasteiger partial charge in [-0.1, -0.05) is 0 Å². The Bertz CT molecular complexity index is 559. The molecular formula is C12H13BrN4OS. The van der Waals surface area contributed by atoms with Gasteiger partial charge in [0.2, 0.25) is 0 Å². The highest BCUT2D eigenvalue weighted by Gasteiger charge is 2.04. The van der Waals surface area contributed by atoms with Crippen molar-refractivity contribution in [1.82, 2.24) is 15.3 Å². The number of thiazole rings is 1. The monoisotopic (exact) mass is 340 g/mol. The molecule has 19 heavy (non-hydrogen) atoms. The zero-order chi connectivity index (χ0) is 13.7. The van der Waals surface area contributed by atoms with Gasteiger partial charge < -0.3 is 5.32 Å². The van der Waals surface area contributed by atoms with Crippen LogP contribution in [0.25, 0.3) is 0 Å². The molecule has 0 spiro atoms. The van der Waals surface area contributed by atoms with E-state index < -0.39 is 0 Å². The molecule has 0 radical (unpaired) electrons. The minimum Gasteiger partial charge on any atom is -0.337 e. The van der Waals surface area contributed by atoms with E-state index in [1.807, 2.05) is 18.4 Å². The van der Waals surface area contributed by atoms with Gasteiger partial charge in [-0.05, 0) is 35.0 Å². The van der Waals surface area contributed by atoms with E-state index >= 15 is 0 Å². The largest absolute Gasteiger partial charge is 0.337 e. The Hall–Kier alpha value is -1.47. The molecule has 2 aromatic rings. The third kappa shape index (κ3) is 4.29. The van der Waals surface area contributed by atoms with E-state index in [0.29, 0.717) is 12.4 Å². The molecule has 2 heterocycles. The lowest BCUT2D eigenvalue weighted by Gasteiger charge is -2.07. The van der Waals surface area contributed by atoms with E-state index in [9.17, 15) is 4.79 Å². The molecule has 0 aliphatic heterocycles. The molecule has 5 nitrogen and oxygen atoms in total. The van der Waals surface area contributed by atoms with Crippen molar-refractivity contribution in [1.29, 1.82) is 0 Å². The number of nitrogens with one attached hydrogen (secondary N) is 2. The average molecular weight is 341 g/mol. The number of nitrogens with zero attached hydrogens (tertiary/aromatic N) is 2. The first-order valence-electron chi connectivity index (χ1n) is 5.71. The van der Waals surface area contributed by atoms with Crippen LogP contribution in [-0.2, 0) is 6.42 Å². The van der Waals surface area contributed by atoms with Crippen molar-refractivity contribution in [2.75, 3.05) is 11.9 Å². The van der Waals surface area contributed by atoms with Crippen LogP contribution in [0, 0.1) is 6.92 Å². The molecule has 100 valence electrons. The van der Waals surface area contributed by atoms with Crippen LogP contribution in [0.3, 0.4) is 0 Å². The van der Waals surface area contributed by atoms with Crippen LogP contribution in [0.1, 0.15) is 10.7 Å². The second-order valence-electron chi connectivity index (χ2n) is 3.82. The number of carbonyl (C=O) groups is 1. The second kappa shape index (κ2) is 6.63. The van der Waals surface area contributed by atoms with Gasteiger partial charge in [0.1, 0.15) is 5.82 Å². The highest BCUT2D eigenvalue weighted by molar-refractivity contribution is 9.10. The van der Waals surface area contributed by atoms with Crippen LogP contribution in [0.5, 0.6) is 0 Å². The van der Waals surface area contributed by atoms with Crippen molar-refractivity contribution in [2.45, 2.75) is 13.3 Å². The minimum absolute atomic E-state index is 0.259. The van der Waals surface area contributed by atoms with Crippen molar-refractivity contribution in [3.05, 3.63) is 38.9 Å². The van der Waals surface area contributed by atoms with Crippen molar-refractivity contribution < 1.29 is 4.79 Å². The number of hydrogen-bond acceptors (Lipinski definition) is 4. The number of halogens is 1. The van der Waals surface area contributed by atoms with Gasteiger partial charge in [-0.25, -0.2) is 14.8 Å². The number of hydrogen-bond donors (Lipinski definition) is 2. The highest BCUT2D eigenvalue weighted by atomic mass is 79.9. The predicted molar refractivity (Wildman–Crippen MR) is 79.5 cm³/mol. The van der Waals surface area contributed by atoms with E-state index in [2.05, 4.69) is 36.5 Å². The Kier molecular flexibility index (Phi) is 4.86. The number of carbonyl (C=O) groups excluding carboxylic acids is 1. The number of aromatic nitrogens is 2. The Balaban J connectivity index is 1.79. The Morgan fingerprint density at radius 1 is 1.47 bits per heavy atom. The van der Waals surface area contributed by atoms with Gasteiger partial charge in [-0.2, -0.15) is 0 Å². The zero-order valence-corrected chi connectivity index (χ0v) is 12.7. The van der Waals surface area contributed by atoms with Gasteiger partial charge in [0.25, 0.3) is 0 Å². The van der Waals surface area contributed by atoms with Gasteiger partial charge in [-0.3, -0.25) is 5.32 Å².